The highest BCUT2D eigenvalue weighted by Crippen LogP contribution is 2.29. The number of halogens is 1. The van der Waals surface area contributed by atoms with Crippen LogP contribution in [0.3, 0.4) is 0 Å². The Hall–Kier alpha value is -2.60. The van der Waals surface area contributed by atoms with Gasteiger partial charge in [-0.3, -0.25) is 9.78 Å². The van der Waals surface area contributed by atoms with Gasteiger partial charge in [-0.25, -0.2) is 4.98 Å². The highest BCUT2D eigenvalue weighted by atomic mass is 35.5. The van der Waals surface area contributed by atoms with Crippen molar-refractivity contribution in [1.82, 2.24) is 15.0 Å². The zero-order valence-electron chi connectivity index (χ0n) is 14.7. The smallest absolute Gasteiger partial charge is 0.203 e. The third-order valence-corrected chi connectivity index (χ3v) is 5.00. The zero-order chi connectivity index (χ0) is 18.3. The van der Waals surface area contributed by atoms with Crippen molar-refractivity contribution in [3.8, 4) is 0 Å². The van der Waals surface area contributed by atoms with Gasteiger partial charge in [0.05, 0.1) is 16.1 Å². The average molecular weight is 370 g/mol. The fraction of sp³-hybridized carbons (Fsp3) is 0.316. The number of hydrogen-bond donors (Lipinski definition) is 1. The molecule has 0 spiro atoms. The lowest BCUT2D eigenvalue weighted by molar-refractivity contribution is 0.0926. The second-order valence-electron chi connectivity index (χ2n) is 6.81. The standard InChI is InChI=1S/C19H20ClN5O/c1-24(2)19-22-15-6-4-14(9-17(15)23-19)25-8-7-12(11-25)18(26)16-5-3-13(20)10-21-16/h3-6,9-10,12H,7-8,11H2,1-2H3,(H,22,23). The van der Waals surface area contributed by atoms with Crippen LogP contribution in [0.1, 0.15) is 16.9 Å². The van der Waals surface area contributed by atoms with Gasteiger partial charge < -0.3 is 14.8 Å². The van der Waals surface area contributed by atoms with Gasteiger partial charge >= 0.3 is 0 Å². The highest BCUT2D eigenvalue weighted by Gasteiger charge is 2.30. The first-order valence-corrected chi connectivity index (χ1v) is 8.97. The Morgan fingerprint density at radius 3 is 2.88 bits per heavy atom. The molecule has 1 unspecified atom stereocenters. The highest BCUT2D eigenvalue weighted by molar-refractivity contribution is 6.30. The number of rotatable bonds is 4. The number of carbonyl (C=O) groups is 1. The summed E-state index contributed by atoms with van der Waals surface area (Å²) in [6.45, 7) is 1.55. The maximum absolute atomic E-state index is 12.7. The van der Waals surface area contributed by atoms with E-state index in [1.165, 1.54) is 6.20 Å². The third kappa shape index (κ3) is 3.12. The summed E-state index contributed by atoms with van der Waals surface area (Å²) < 4.78 is 0. The lowest BCUT2D eigenvalue weighted by Gasteiger charge is -2.18. The summed E-state index contributed by atoms with van der Waals surface area (Å²) in [6.07, 6.45) is 2.35. The van der Waals surface area contributed by atoms with Gasteiger partial charge in [-0.15, -0.1) is 0 Å². The molecule has 4 rings (SSSR count). The van der Waals surface area contributed by atoms with E-state index in [-0.39, 0.29) is 11.7 Å². The van der Waals surface area contributed by atoms with E-state index in [1.807, 2.05) is 25.1 Å². The number of H-pyrrole nitrogens is 1. The first-order chi connectivity index (χ1) is 12.5. The van der Waals surface area contributed by atoms with Crippen molar-refractivity contribution in [2.75, 3.05) is 37.0 Å². The SMILES string of the molecule is CN(C)c1nc2ccc(N3CCC(C(=O)c4ccc(Cl)cn4)C3)cc2[nH]1. The van der Waals surface area contributed by atoms with E-state index in [1.54, 1.807) is 12.1 Å². The van der Waals surface area contributed by atoms with Gasteiger partial charge in [0.15, 0.2) is 5.78 Å². The van der Waals surface area contributed by atoms with Crippen molar-refractivity contribution in [3.05, 3.63) is 47.2 Å². The Balaban J connectivity index is 1.52. The molecule has 1 aromatic carbocycles. The van der Waals surface area contributed by atoms with Gasteiger partial charge in [-0.05, 0) is 36.8 Å². The van der Waals surface area contributed by atoms with Crippen LogP contribution in [0.5, 0.6) is 0 Å². The molecule has 0 radical (unpaired) electrons. The van der Waals surface area contributed by atoms with Crippen molar-refractivity contribution >= 4 is 40.1 Å². The van der Waals surface area contributed by atoms with E-state index < -0.39 is 0 Å². The number of fused-ring (bicyclic) bond motifs is 1. The van der Waals surface area contributed by atoms with Crippen LogP contribution in [0.4, 0.5) is 11.6 Å². The Kier molecular flexibility index (Phi) is 4.28. The molecule has 3 aromatic rings. The van der Waals surface area contributed by atoms with Crippen LogP contribution in [0.15, 0.2) is 36.5 Å². The van der Waals surface area contributed by atoms with Gasteiger partial charge in [-0.1, -0.05) is 11.6 Å². The lowest BCUT2D eigenvalue weighted by atomic mass is 10.0. The number of Topliss-reactive ketones (excluding diaryl/α,β-unsaturated/α-hetero) is 1. The molecular formula is C19H20ClN5O. The van der Waals surface area contributed by atoms with Crippen LogP contribution in [0.25, 0.3) is 11.0 Å². The maximum Gasteiger partial charge on any atom is 0.203 e. The second-order valence-corrected chi connectivity index (χ2v) is 7.25. The number of nitrogens with zero attached hydrogens (tertiary/aromatic N) is 4. The number of ketones is 1. The van der Waals surface area contributed by atoms with Crippen LogP contribution in [0, 0.1) is 5.92 Å². The van der Waals surface area contributed by atoms with Crippen molar-refractivity contribution in [2.24, 2.45) is 5.92 Å². The molecule has 1 fully saturated rings. The number of nitrogens with one attached hydrogen (secondary N) is 1. The Morgan fingerprint density at radius 1 is 1.31 bits per heavy atom. The monoisotopic (exact) mass is 369 g/mol. The van der Waals surface area contributed by atoms with Gasteiger partial charge in [-0.2, -0.15) is 0 Å². The quantitative estimate of drug-likeness (QED) is 0.714. The van der Waals surface area contributed by atoms with E-state index in [9.17, 15) is 4.79 Å². The summed E-state index contributed by atoms with van der Waals surface area (Å²) in [5.41, 5.74) is 3.53. The molecule has 1 N–H and O–H groups in total. The molecule has 0 bridgehead atoms. The first-order valence-electron chi connectivity index (χ1n) is 8.59. The minimum absolute atomic E-state index is 0.0431. The van der Waals surface area contributed by atoms with Gasteiger partial charge in [0.2, 0.25) is 5.95 Å². The molecule has 1 aliphatic heterocycles. The minimum atomic E-state index is -0.0431. The van der Waals surface area contributed by atoms with Gasteiger partial charge in [0.25, 0.3) is 0 Å². The topological polar surface area (TPSA) is 65.1 Å². The fourth-order valence-electron chi connectivity index (χ4n) is 3.33. The summed E-state index contributed by atoms with van der Waals surface area (Å²) >= 11 is 5.86. The first kappa shape index (κ1) is 16.8. The molecule has 0 aliphatic carbocycles. The van der Waals surface area contributed by atoms with Crippen molar-refractivity contribution in [2.45, 2.75) is 6.42 Å². The largest absolute Gasteiger partial charge is 0.371 e. The molecule has 134 valence electrons. The number of pyridine rings is 1. The number of benzene rings is 1. The number of anilines is 2. The van der Waals surface area contributed by atoms with Crippen molar-refractivity contribution in [3.63, 3.8) is 0 Å². The summed E-state index contributed by atoms with van der Waals surface area (Å²) in [7, 11) is 3.92. The summed E-state index contributed by atoms with van der Waals surface area (Å²) in [5.74, 6) is 0.876. The van der Waals surface area contributed by atoms with E-state index in [4.69, 9.17) is 11.6 Å². The Labute approximate surface area is 156 Å². The van der Waals surface area contributed by atoms with Crippen molar-refractivity contribution in [1.29, 1.82) is 0 Å². The molecule has 2 aromatic heterocycles. The predicted octanol–water partition coefficient (Wildman–Crippen LogP) is 3.39. The number of imidazole rings is 1. The predicted molar refractivity (Wildman–Crippen MR) is 104 cm³/mol. The van der Waals surface area contributed by atoms with E-state index in [0.29, 0.717) is 17.3 Å². The Morgan fingerprint density at radius 2 is 2.15 bits per heavy atom. The second kappa shape index (κ2) is 6.61. The molecule has 7 heteroatoms. The van der Waals surface area contributed by atoms with Crippen LogP contribution in [-0.2, 0) is 0 Å². The third-order valence-electron chi connectivity index (χ3n) is 4.78. The average Bonchev–Trinajstić information content (AvgIpc) is 3.28. The fourth-order valence-corrected chi connectivity index (χ4v) is 3.44. The zero-order valence-corrected chi connectivity index (χ0v) is 15.5. The van der Waals surface area contributed by atoms with Crippen LogP contribution < -0.4 is 9.80 Å². The molecule has 0 saturated carbocycles. The van der Waals surface area contributed by atoms with Crippen LogP contribution in [0.2, 0.25) is 5.02 Å². The molecular weight excluding hydrogens is 350 g/mol. The molecule has 1 aliphatic rings. The number of aromatic amines is 1. The molecule has 6 nitrogen and oxygen atoms in total. The number of carbonyl (C=O) groups excluding carboxylic acids is 1. The van der Waals surface area contributed by atoms with E-state index >= 15 is 0 Å². The lowest BCUT2D eigenvalue weighted by Crippen LogP contribution is -2.23. The summed E-state index contributed by atoms with van der Waals surface area (Å²) in [5, 5.41) is 0.541. The molecule has 26 heavy (non-hydrogen) atoms. The number of hydrogen-bond acceptors (Lipinski definition) is 5. The van der Waals surface area contributed by atoms with Crippen LogP contribution in [-0.4, -0.2) is 47.9 Å². The molecule has 3 heterocycles. The molecule has 1 atom stereocenters. The normalized spacial score (nSPS) is 17.0. The summed E-state index contributed by atoms with van der Waals surface area (Å²) in [4.78, 5) is 28.9. The van der Waals surface area contributed by atoms with E-state index in [0.717, 1.165) is 35.6 Å². The minimum Gasteiger partial charge on any atom is -0.371 e. The van der Waals surface area contributed by atoms with Gasteiger partial charge in [0, 0.05) is 45.0 Å². The molecule has 0 amide bonds. The Bertz CT molecular complexity index is 950. The van der Waals surface area contributed by atoms with E-state index in [2.05, 4.69) is 32.0 Å². The van der Waals surface area contributed by atoms with Crippen molar-refractivity contribution < 1.29 is 4.79 Å². The molecule has 1 saturated heterocycles. The number of aromatic nitrogens is 3. The van der Waals surface area contributed by atoms with Crippen LogP contribution >= 0.6 is 11.6 Å². The summed E-state index contributed by atoms with van der Waals surface area (Å²) in [6, 6.07) is 9.60. The van der Waals surface area contributed by atoms with Gasteiger partial charge in [0.1, 0.15) is 5.69 Å². The maximum atomic E-state index is 12.7.